The normalized spacial score (nSPS) is 11.0. The van der Waals surface area contributed by atoms with E-state index in [9.17, 15) is 4.79 Å². The van der Waals surface area contributed by atoms with E-state index in [4.69, 9.17) is 4.42 Å². The number of para-hydroxylation sites is 2. The van der Waals surface area contributed by atoms with Crippen LogP contribution < -0.4 is 10.2 Å². The third kappa shape index (κ3) is 4.34. The van der Waals surface area contributed by atoms with Crippen molar-refractivity contribution in [1.82, 2.24) is 15.2 Å². The van der Waals surface area contributed by atoms with Crippen LogP contribution in [0.5, 0.6) is 0 Å². The van der Waals surface area contributed by atoms with Gasteiger partial charge in [-0.2, -0.15) is 5.10 Å². The molecule has 0 saturated carbocycles. The highest BCUT2D eigenvalue weighted by molar-refractivity contribution is 5.93. The molecular formula is C26H23N5O2. The molecule has 164 valence electrons. The summed E-state index contributed by atoms with van der Waals surface area (Å²) in [5.74, 6) is 0.418. The zero-order valence-corrected chi connectivity index (χ0v) is 18.4. The molecule has 5 rings (SSSR count). The number of benzene rings is 3. The highest BCUT2D eigenvalue weighted by atomic mass is 16.3. The number of carbonyl (C=O) groups excluding carboxylic acids is 1. The predicted octanol–water partition coefficient (Wildman–Crippen LogP) is 5.13. The van der Waals surface area contributed by atoms with Gasteiger partial charge in [0.05, 0.1) is 12.0 Å². The molecule has 0 bridgehead atoms. The maximum absolute atomic E-state index is 12.6. The number of nitrogens with one attached hydrogen (secondary N) is 2. The summed E-state index contributed by atoms with van der Waals surface area (Å²) < 4.78 is 5.91. The number of oxazole rings is 1. The number of rotatable bonds is 6. The summed E-state index contributed by atoms with van der Waals surface area (Å²) in [4.78, 5) is 19.2. The van der Waals surface area contributed by atoms with E-state index in [1.54, 1.807) is 6.20 Å². The fourth-order valence-corrected chi connectivity index (χ4v) is 3.71. The minimum atomic E-state index is -0.0778. The van der Waals surface area contributed by atoms with Crippen LogP contribution in [-0.2, 0) is 11.2 Å². The number of anilines is 2. The number of H-pyrrole nitrogens is 1. The van der Waals surface area contributed by atoms with Crippen molar-refractivity contribution in [3.8, 4) is 22.7 Å². The Balaban J connectivity index is 1.35. The van der Waals surface area contributed by atoms with Crippen LogP contribution in [0.25, 0.3) is 33.8 Å². The average molecular weight is 438 g/mol. The van der Waals surface area contributed by atoms with E-state index in [1.807, 2.05) is 91.8 Å². The SMILES string of the molecule is CN(C)c1ccc(CC(=O)Nc2cccc(-c3n[nH]cc3-c3nc4ccccc4o3)c2)cc1. The lowest BCUT2D eigenvalue weighted by atomic mass is 10.1. The first kappa shape index (κ1) is 20.5. The van der Waals surface area contributed by atoms with Gasteiger partial charge in [-0.05, 0) is 42.0 Å². The molecule has 0 aliphatic rings. The van der Waals surface area contributed by atoms with E-state index in [0.29, 0.717) is 23.7 Å². The molecule has 2 heterocycles. The monoisotopic (exact) mass is 437 g/mol. The molecular weight excluding hydrogens is 414 g/mol. The zero-order valence-electron chi connectivity index (χ0n) is 18.4. The lowest BCUT2D eigenvalue weighted by molar-refractivity contribution is -0.115. The molecule has 7 heteroatoms. The molecule has 33 heavy (non-hydrogen) atoms. The van der Waals surface area contributed by atoms with Gasteiger partial charge in [-0.1, -0.05) is 36.4 Å². The molecule has 0 fully saturated rings. The summed E-state index contributed by atoms with van der Waals surface area (Å²) in [5.41, 5.74) is 6.59. The fourth-order valence-electron chi connectivity index (χ4n) is 3.71. The Labute approximate surface area is 191 Å². The van der Waals surface area contributed by atoms with Crippen LogP contribution in [0.2, 0.25) is 0 Å². The first-order chi connectivity index (χ1) is 16.1. The third-order valence-corrected chi connectivity index (χ3v) is 5.40. The third-order valence-electron chi connectivity index (χ3n) is 5.40. The van der Waals surface area contributed by atoms with Gasteiger partial charge in [0, 0.05) is 37.2 Å². The van der Waals surface area contributed by atoms with Crippen molar-refractivity contribution in [3.63, 3.8) is 0 Å². The second-order valence-electron chi connectivity index (χ2n) is 8.00. The van der Waals surface area contributed by atoms with Gasteiger partial charge in [0.15, 0.2) is 5.58 Å². The summed E-state index contributed by atoms with van der Waals surface area (Å²) in [6.45, 7) is 0. The Morgan fingerprint density at radius 1 is 1.03 bits per heavy atom. The van der Waals surface area contributed by atoms with Crippen molar-refractivity contribution < 1.29 is 9.21 Å². The van der Waals surface area contributed by atoms with Crippen LogP contribution in [-0.4, -0.2) is 35.2 Å². The first-order valence-electron chi connectivity index (χ1n) is 10.6. The first-order valence-corrected chi connectivity index (χ1v) is 10.6. The van der Waals surface area contributed by atoms with Gasteiger partial charge >= 0.3 is 0 Å². The topological polar surface area (TPSA) is 87.0 Å². The number of hydrogen-bond acceptors (Lipinski definition) is 5. The number of aromatic amines is 1. The number of hydrogen-bond donors (Lipinski definition) is 2. The van der Waals surface area contributed by atoms with Gasteiger partial charge in [-0.3, -0.25) is 9.89 Å². The molecule has 0 atom stereocenters. The molecule has 0 unspecified atom stereocenters. The molecule has 3 aromatic carbocycles. The van der Waals surface area contributed by atoms with Gasteiger partial charge in [0.25, 0.3) is 0 Å². The largest absolute Gasteiger partial charge is 0.436 e. The van der Waals surface area contributed by atoms with Crippen LogP contribution in [0.4, 0.5) is 11.4 Å². The number of carbonyl (C=O) groups is 1. The Morgan fingerprint density at radius 3 is 2.64 bits per heavy atom. The van der Waals surface area contributed by atoms with Crippen LogP contribution in [0.15, 0.2) is 83.4 Å². The molecule has 5 aromatic rings. The molecule has 0 radical (unpaired) electrons. The highest BCUT2D eigenvalue weighted by Crippen LogP contribution is 2.32. The Kier molecular flexibility index (Phi) is 5.36. The number of nitrogens with zero attached hydrogens (tertiary/aromatic N) is 3. The summed E-state index contributed by atoms with van der Waals surface area (Å²) in [6.07, 6.45) is 2.07. The second-order valence-corrected chi connectivity index (χ2v) is 8.00. The Hall–Kier alpha value is -4.39. The van der Waals surface area contributed by atoms with E-state index < -0.39 is 0 Å². The molecule has 7 nitrogen and oxygen atoms in total. The smallest absolute Gasteiger partial charge is 0.231 e. The maximum Gasteiger partial charge on any atom is 0.231 e. The van der Waals surface area contributed by atoms with Gasteiger partial charge in [-0.25, -0.2) is 4.98 Å². The average Bonchev–Trinajstić information content (AvgIpc) is 3.46. The standard InChI is InChI=1S/C26H23N5O2/c1-31(2)20-12-10-17(11-13-20)14-24(32)28-19-7-5-6-18(15-19)25-21(16-27-30-25)26-29-22-8-3-4-9-23(22)33-26/h3-13,15-16H,14H2,1-2H3,(H,27,30)(H,28,32). The molecule has 0 aliphatic heterocycles. The second kappa shape index (κ2) is 8.63. The summed E-state index contributed by atoms with van der Waals surface area (Å²) in [7, 11) is 3.98. The molecule has 2 N–H and O–H groups in total. The van der Waals surface area contributed by atoms with Crippen molar-refractivity contribution in [2.75, 3.05) is 24.3 Å². The van der Waals surface area contributed by atoms with Crippen molar-refractivity contribution in [3.05, 3.63) is 84.6 Å². The molecule has 1 amide bonds. The minimum Gasteiger partial charge on any atom is -0.436 e. The van der Waals surface area contributed by atoms with Crippen LogP contribution in [0, 0.1) is 0 Å². The summed E-state index contributed by atoms with van der Waals surface area (Å²) >= 11 is 0. The fraction of sp³-hybridized carbons (Fsp3) is 0.115. The van der Waals surface area contributed by atoms with E-state index in [2.05, 4.69) is 20.5 Å². The van der Waals surface area contributed by atoms with Gasteiger partial charge < -0.3 is 14.6 Å². The molecule has 0 aliphatic carbocycles. The lowest BCUT2D eigenvalue weighted by Gasteiger charge is -2.12. The van der Waals surface area contributed by atoms with Crippen molar-refractivity contribution in [1.29, 1.82) is 0 Å². The minimum absolute atomic E-state index is 0.0778. The van der Waals surface area contributed by atoms with Crippen LogP contribution in [0.3, 0.4) is 0 Å². The quantitative estimate of drug-likeness (QED) is 0.384. The number of fused-ring (bicyclic) bond motifs is 1. The Morgan fingerprint density at radius 2 is 1.85 bits per heavy atom. The lowest BCUT2D eigenvalue weighted by Crippen LogP contribution is -2.14. The van der Waals surface area contributed by atoms with Gasteiger partial charge in [0.1, 0.15) is 11.2 Å². The van der Waals surface area contributed by atoms with E-state index in [1.165, 1.54) is 0 Å². The van der Waals surface area contributed by atoms with Crippen LogP contribution in [0.1, 0.15) is 5.56 Å². The highest BCUT2D eigenvalue weighted by Gasteiger charge is 2.17. The number of aromatic nitrogens is 3. The van der Waals surface area contributed by atoms with Gasteiger partial charge in [-0.15, -0.1) is 0 Å². The van der Waals surface area contributed by atoms with Crippen molar-refractivity contribution in [2.45, 2.75) is 6.42 Å². The summed E-state index contributed by atoms with van der Waals surface area (Å²) in [5, 5.41) is 10.3. The van der Waals surface area contributed by atoms with E-state index in [0.717, 1.165) is 33.5 Å². The summed E-state index contributed by atoms with van der Waals surface area (Å²) in [6, 6.07) is 23.2. The van der Waals surface area contributed by atoms with Gasteiger partial charge in [0.2, 0.25) is 11.8 Å². The van der Waals surface area contributed by atoms with E-state index in [-0.39, 0.29) is 5.91 Å². The van der Waals surface area contributed by atoms with Crippen molar-refractivity contribution >= 4 is 28.4 Å². The van der Waals surface area contributed by atoms with E-state index >= 15 is 0 Å². The Bertz CT molecular complexity index is 1380. The molecule has 0 saturated heterocycles. The van der Waals surface area contributed by atoms with Crippen molar-refractivity contribution in [2.24, 2.45) is 0 Å². The maximum atomic E-state index is 12.6. The predicted molar refractivity (Wildman–Crippen MR) is 130 cm³/mol. The number of amides is 1. The molecule has 0 spiro atoms. The molecule has 2 aromatic heterocycles. The van der Waals surface area contributed by atoms with Crippen LogP contribution >= 0.6 is 0 Å². The zero-order chi connectivity index (χ0) is 22.8.